The molecule has 31 heavy (non-hydrogen) atoms. The molecule has 8 heteroatoms. The Labute approximate surface area is 182 Å². The van der Waals surface area contributed by atoms with Gasteiger partial charge < -0.3 is 10.1 Å². The summed E-state index contributed by atoms with van der Waals surface area (Å²) in [5.74, 6) is -0.273. The highest BCUT2D eigenvalue weighted by Crippen LogP contribution is 2.30. The molecule has 1 aliphatic rings. The first-order valence-electron chi connectivity index (χ1n) is 10.1. The fourth-order valence-electron chi connectivity index (χ4n) is 4.09. The molecule has 1 saturated heterocycles. The Morgan fingerprint density at radius 1 is 1.16 bits per heavy atom. The third-order valence-electron chi connectivity index (χ3n) is 5.63. The molecule has 4 rings (SSSR count). The Morgan fingerprint density at radius 3 is 2.68 bits per heavy atom. The molecule has 2 aromatic carbocycles. The van der Waals surface area contributed by atoms with E-state index in [0.717, 1.165) is 16.5 Å². The number of pyridine rings is 1. The van der Waals surface area contributed by atoms with Crippen LogP contribution in [0.5, 0.6) is 0 Å². The number of nitrogens with one attached hydrogen (secondary N) is 1. The highest BCUT2D eigenvalue weighted by molar-refractivity contribution is 7.89. The second-order valence-electron chi connectivity index (χ2n) is 7.69. The molecule has 1 aromatic heterocycles. The summed E-state index contributed by atoms with van der Waals surface area (Å²) in [6, 6.07) is 14.2. The van der Waals surface area contributed by atoms with Crippen molar-refractivity contribution in [1.82, 2.24) is 14.6 Å². The van der Waals surface area contributed by atoms with Gasteiger partial charge in [-0.1, -0.05) is 42.5 Å². The minimum atomic E-state index is -3.71. The quantitative estimate of drug-likeness (QED) is 0.638. The van der Waals surface area contributed by atoms with Crippen molar-refractivity contribution in [2.45, 2.75) is 30.4 Å². The normalized spacial score (nSPS) is 18.2. The van der Waals surface area contributed by atoms with Crippen molar-refractivity contribution in [3.05, 3.63) is 72.1 Å². The summed E-state index contributed by atoms with van der Waals surface area (Å²) >= 11 is 0. The van der Waals surface area contributed by atoms with Crippen molar-refractivity contribution < 1.29 is 17.9 Å². The van der Waals surface area contributed by atoms with Crippen molar-refractivity contribution >= 4 is 26.7 Å². The molecule has 2 atom stereocenters. The summed E-state index contributed by atoms with van der Waals surface area (Å²) in [4.78, 5) is 17.2. The lowest BCUT2D eigenvalue weighted by Crippen LogP contribution is -2.41. The van der Waals surface area contributed by atoms with Gasteiger partial charge in [-0.15, -0.1) is 0 Å². The van der Waals surface area contributed by atoms with E-state index in [-0.39, 0.29) is 23.4 Å². The molecular formula is C23H25N3O4S. The molecule has 0 bridgehead atoms. The van der Waals surface area contributed by atoms with E-state index in [1.807, 2.05) is 43.3 Å². The van der Waals surface area contributed by atoms with Gasteiger partial charge in [-0.05, 0) is 30.5 Å². The monoisotopic (exact) mass is 439 g/mol. The van der Waals surface area contributed by atoms with Crippen LogP contribution in [-0.4, -0.2) is 49.9 Å². The van der Waals surface area contributed by atoms with Crippen LogP contribution in [0.25, 0.3) is 10.8 Å². The molecule has 1 aliphatic heterocycles. The van der Waals surface area contributed by atoms with Crippen LogP contribution in [0.3, 0.4) is 0 Å². The number of aromatic nitrogens is 1. The summed E-state index contributed by atoms with van der Waals surface area (Å²) in [5, 5.41) is 4.43. The van der Waals surface area contributed by atoms with Gasteiger partial charge in [0, 0.05) is 49.4 Å². The second kappa shape index (κ2) is 8.74. The topological polar surface area (TPSA) is 88.6 Å². The molecule has 1 unspecified atom stereocenters. The lowest BCUT2D eigenvalue weighted by molar-refractivity contribution is -0.132. The van der Waals surface area contributed by atoms with Gasteiger partial charge in [0.25, 0.3) is 5.91 Å². The lowest BCUT2D eigenvalue weighted by Gasteiger charge is -2.21. The average Bonchev–Trinajstić information content (AvgIpc) is 3.24. The predicted molar refractivity (Wildman–Crippen MR) is 118 cm³/mol. The fraction of sp³-hybridized carbons (Fsp3) is 0.304. The Bertz CT molecular complexity index is 1190. The van der Waals surface area contributed by atoms with Crippen molar-refractivity contribution in [2.75, 3.05) is 20.2 Å². The third kappa shape index (κ3) is 4.19. The summed E-state index contributed by atoms with van der Waals surface area (Å²) in [6.07, 6.45) is 3.15. The first kappa shape index (κ1) is 21.4. The summed E-state index contributed by atoms with van der Waals surface area (Å²) in [5.41, 5.74) is 1.57. The van der Waals surface area contributed by atoms with Crippen LogP contribution in [0.15, 0.2) is 65.8 Å². The Morgan fingerprint density at radius 2 is 1.94 bits per heavy atom. The van der Waals surface area contributed by atoms with E-state index in [0.29, 0.717) is 18.4 Å². The Balaban J connectivity index is 1.52. The van der Waals surface area contributed by atoms with Crippen LogP contribution in [0.1, 0.15) is 23.7 Å². The Kier molecular flexibility index (Phi) is 6.04. The smallest absolute Gasteiger partial charge is 0.254 e. The van der Waals surface area contributed by atoms with Gasteiger partial charge in [0.05, 0.1) is 4.90 Å². The molecule has 3 aromatic rings. The average molecular weight is 440 g/mol. The molecule has 0 radical (unpaired) electrons. The first-order chi connectivity index (χ1) is 14.9. The molecule has 2 heterocycles. The zero-order valence-electron chi connectivity index (χ0n) is 17.5. The molecule has 1 fully saturated rings. The summed E-state index contributed by atoms with van der Waals surface area (Å²) < 4.78 is 33.6. The van der Waals surface area contributed by atoms with E-state index in [9.17, 15) is 13.2 Å². The maximum absolute atomic E-state index is 13.4. The van der Waals surface area contributed by atoms with Crippen molar-refractivity contribution in [3.63, 3.8) is 0 Å². The highest BCUT2D eigenvalue weighted by Gasteiger charge is 2.35. The van der Waals surface area contributed by atoms with Crippen LogP contribution in [0.2, 0.25) is 0 Å². The van der Waals surface area contributed by atoms with E-state index in [2.05, 4.69) is 10.3 Å². The molecular weight excluding hydrogens is 414 g/mol. The van der Waals surface area contributed by atoms with Crippen LogP contribution < -0.4 is 5.32 Å². The van der Waals surface area contributed by atoms with Crippen molar-refractivity contribution in [2.24, 2.45) is 0 Å². The number of amides is 1. The van der Waals surface area contributed by atoms with Gasteiger partial charge in [0.2, 0.25) is 10.0 Å². The lowest BCUT2D eigenvalue weighted by atomic mass is 10.1. The minimum Gasteiger partial charge on any atom is -0.367 e. The molecule has 162 valence electrons. The number of aryl methyl sites for hydroxylation is 1. The van der Waals surface area contributed by atoms with Crippen molar-refractivity contribution in [3.8, 4) is 0 Å². The molecule has 0 saturated carbocycles. The number of fused-ring (bicyclic) bond motifs is 1. The van der Waals surface area contributed by atoms with E-state index >= 15 is 0 Å². The number of hydrogen-bond acceptors (Lipinski definition) is 5. The number of hydrogen-bond donors (Lipinski definition) is 1. The number of rotatable bonds is 6. The number of sulfonamides is 1. The van der Waals surface area contributed by atoms with Gasteiger partial charge in [0.15, 0.2) is 6.10 Å². The number of nitrogens with zero attached hydrogens (tertiary/aromatic N) is 2. The zero-order chi connectivity index (χ0) is 22.0. The SMILES string of the molecule is COC(C(=O)N[C@H]1CCN(S(=O)(=O)c2cccc3cncc(C)c23)C1)c1ccccc1. The highest BCUT2D eigenvalue weighted by atomic mass is 32.2. The number of ether oxygens (including phenoxy) is 1. The maximum Gasteiger partial charge on any atom is 0.254 e. The van der Waals surface area contributed by atoms with E-state index < -0.39 is 16.1 Å². The summed E-state index contributed by atoms with van der Waals surface area (Å²) in [7, 11) is -2.23. The van der Waals surface area contributed by atoms with Gasteiger partial charge in [-0.2, -0.15) is 4.31 Å². The van der Waals surface area contributed by atoms with Gasteiger partial charge in [-0.3, -0.25) is 9.78 Å². The minimum absolute atomic E-state index is 0.222. The standard InChI is InChI=1S/C23H25N3O4S/c1-16-13-24-14-18-9-6-10-20(21(16)18)31(28,29)26-12-11-19(15-26)25-23(27)22(30-2)17-7-4-3-5-8-17/h3-10,13-14,19,22H,11-12,15H2,1-2H3,(H,25,27)/t19-,22?/m0/s1. The van der Waals surface area contributed by atoms with Crippen molar-refractivity contribution in [1.29, 1.82) is 0 Å². The fourth-order valence-corrected chi connectivity index (χ4v) is 5.88. The van der Waals surface area contributed by atoms with Gasteiger partial charge in [-0.25, -0.2) is 8.42 Å². The number of benzene rings is 2. The number of carbonyl (C=O) groups excluding carboxylic acids is 1. The largest absolute Gasteiger partial charge is 0.367 e. The number of carbonyl (C=O) groups is 1. The van der Waals surface area contributed by atoms with Crippen LogP contribution in [0.4, 0.5) is 0 Å². The second-order valence-corrected chi connectivity index (χ2v) is 9.60. The first-order valence-corrected chi connectivity index (χ1v) is 11.6. The van der Waals surface area contributed by atoms with Crippen LogP contribution >= 0.6 is 0 Å². The van der Waals surface area contributed by atoms with E-state index in [1.165, 1.54) is 11.4 Å². The van der Waals surface area contributed by atoms with E-state index in [1.54, 1.807) is 24.5 Å². The molecule has 1 N–H and O–H groups in total. The van der Waals surface area contributed by atoms with Gasteiger partial charge >= 0.3 is 0 Å². The Hall–Kier alpha value is -2.81. The van der Waals surface area contributed by atoms with Gasteiger partial charge in [0.1, 0.15) is 0 Å². The third-order valence-corrected chi connectivity index (χ3v) is 7.53. The molecule has 7 nitrogen and oxygen atoms in total. The maximum atomic E-state index is 13.4. The predicted octanol–water partition coefficient (Wildman–Crippen LogP) is 2.81. The molecule has 0 spiro atoms. The summed E-state index contributed by atoms with van der Waals surface area (Å²) in [6.45, 7) is 2.42. The van der Waals surface area contributed by atoms with E-state index in [4.69, 9.17) is 4.74 Å². The van der Waals surface area contributed by atoms with Crippen LogP contribution in [0, 0.1) is 6.92 Å². The molecule has 0 aliphatic carbocycles. The number of methoxy groups -OCH3 is 1. The van der Waals surface area contributed by atoms with Crippen LogP contribution in [-0.2, 0) is 19.6 Å². The molecule has 1 amide bonds. The zero-order valence-corrected chi connectivity index (χ0v) is 18.3.